The highest BCUT2D eigenvalue weighted by Crippen LogP contribution is 2.12. The number of nitrogens with one attached hydrogen (secondary N) is 1. The third-order valence-electron chi connectivity index (χ3n) is 4.16. The number of hydrogen-bond donors (Lipinski definition) is 1. The van der Waals surface area contributed by atoms with Gasteiger partial charge >= 0.3 is 5.97 Å². The number of carbonyl (C=O) groups excluding carboxylic acids is 2. The van der Waals surface area contributed by atoms with Crippen LogP contribution in [0.15, 0.2) is 0 Å². The SMILES string of the molecule is CCCCCCCCCCCCCCCC(=O)NCC(=O)OC. The second kappa shape index (κ2) is 17.3. The van der Waals surface area contributed by atoms with Crippen LogP contribution in [-0.2, 0) is 14.3 Å². The summed E-state index contributed by atoms with van der Waals surface area (Å²) in [6, 6.07) is 0. The number of unbranched alkanes of at least 4 members (excludes halogenated alkanes) is 12. The molecule has 0 aliphatic heterocycles. The molecule has 0 atom stereocenters. The highest BCUT2D eigenvalue weighted by Gasteiger charge is 2.04. The molecule has 4 nitrogen and oxygen atoms in total. The second-order valence-electron chi connectivity index (χ2n) is 6.35. The normalized spacial score (nSPS) is 10.5. The minimum Gasteiger partial charge on any atom is -0.468 e. The first-order valence-corrected chi connectivity index (χ1v) is 9.54. The molecule has 23 heavy (non-hydrogen) atoms. The van der Waals surface area contributed by atoms with Crippen molar-refractivity contribution in [3.8, 4) is 0 Å². The molecular formula is C19H37NO3. The van der Waals surface area contributed by atoms with Crippen molar-refractivity contribution in [1.29, 1.82) is 0 Å². The van der Waals surface area contributed by atoms with Crippen molar-refractivity contribution in [1.82, 2.24) is 5.32 Å². The summed E-state index contributed by atoms with van der Waals surface area (Å²) in [5.41, 5.74) is 0. The number of ether oxygens (including phenoxy) is 1. The van der Waals surface area contributed by atoms with Gasteiger partial charge in [-0.1, -0.05) is 84.0 Å². The average molecular weight is 328 g/mol. The molecule has 0 aromatic carbocycles. The van der Waals surface area contributed by atoms with Crippen molar-refractivity contribution in [3.05, 3.63) is 0 Å². The summed E-state index contributed by atoms with van der Waals surface area (Å²) in [5, 5.41) is 2.56. The fourth-order valence-electron chi connectivity index (χ4n) is 2.63. The van der Waals surface area contributed by atoms with E-state index in [0.717, 1.165) is 12.8 Å². The Hall–Kier alpha value is -1.06. The second-order valence-corrected chi connectivity index (χ2v) is 6.35. The average Bonchev–Trinajstić information content (AvgIpc) is 2.56. The minimum absolute atomic E-state index is 0.0201. The number of esters is 1. The predicted octanol–water partition coefficient (Wildman–Crippen LogP) is 4.76. The van der Waals surface area contributed by atoms with E-state index in [0.29, 0.717) is 6.42 Å². The lowest BCUT2D eigenvalue weighted by molar-refractivity contribution is -0.141. The Morgan fingerprint density at radius 1 is 0.739 bits per heavy atom. The number of rotatable bonds is 16. The fourth-order valence-corrected chi connectivity index (χ4v) is 2.63. The minimum atomic E-state index is -0.399. The van der Waals surface area contributed by atoms with Gasteiger partial charge in [0.1, 0.15) is 6.54 Å². The van der Waals surface area contributed by atoms with Crippen LogP contribution in [0.1, 0.15) is 96.8 Å². The third kappa shape index (κ3) is 17.1. The van der Waals surface area contributed by atoms with E-state index in [9.17, 15) is 9.59 Å². The van der Waals surface area contributed by atoms with Gasteiger partial charge in [-0.25, -0.2) is 0 Å². The Morgan fingerprint density at radius 3 is 1.61 bits per heavy atom. The predicted molar refractivity (Wildman–Crippen MR) is 95.3 cm³/mol. The third-order valence-corrected chi connectivity index (χ3v) is 4.16. The maximum absolute atomic E-state index is 11.4. The van der Waals surface area contributed by atoms with Crippen LogP contribution in [0.25, 0.3) is 0 Å². The van der Waals surface area contributed by atoms with Crippen molar-refractivity contribution < 1.29 is 14.3 Å². The van der Waals surface area contributed by atoms with Crippen LogP contribution in [0.4, 0.5) is 0 Å². The number of amides is 1. The lowest BCUT2D eigenvalue weighted by Gasteiger charge is -2.04. The summed E-state index contributed by atoms with van der Waals surface area (Å²) in [6.07, 6.45) is 17.4. The molecule has 1 N–H and O–H groups in total. The molecule has 0 aromatic heterocycles. The quantitative estimate of drug-likeness (QED) is 0.328. The van der Waals surface area contributed by atoms with Gasteiger partial charge in [-0.3, -0.25) is 9.59 Å². The van der Waals surface area contributed by atoms with Gasteiger partial charge in [-0.2, -0.15) is 0 Å². The molecule has 0 aliphatic rings. The topological polar surface area (TPSA) is 55.4 Å². The smallest absolute Gasteiger partial charge is 0.325 e. The van der Waals surface area contributed by atoms with Gasteiger partial charge < -0.3 is 10.1 Å². The summed E-state index contributed by atoms with van der Waals surface area (Å²) < 4.78 is 4.47. The van der Waals surface area contributed by atoms with Gasteiger partial charge in [0, 0.05) is 6.42 Å². The van der Waals surface area contributed by atoms with E-state index in [1.165, 1.54) is 77.7 Å². The molecular weight excluding hydrogens is 290 g/mol. The summed E-state index contributed by atoms with van der Waals surface area (Å²) >= 11 is 0. The summed E-state index contributed by atoms with van der Waals surface area (Å²) in [7, 11) is 1.32. The molecule has 0 aliphatic carbocycles. The molecule has 0 bridgehead atoms. The van der Waals surface area contributed by atoms with Crippen LogP contribution < -0.4 is 5.32 Å². The zero-order valence-corrected chi connectivity index (χ0v) is 15.3. The molecule has 0 aromatic rings. The van der Waals surface area contributed by atoms with E-state index in [2.05, 4.69) is 17.0 Å². The Bertz CT molecular complexity index is 292. The molecule has 0 saturated heterocycles. The summed E-state index contributed by atoms with van der Waals surface area (Å²) in [4.78, 5) is 22.3. The van der Waals surface area contributed by atoms with Crippen LogP contribution in [0.3, 0.4) is 0 Å². The Labute approximate surface area is 142 Å². The van der Waals surface area contributed by atoms with Crippen molar-refractivity contribution in [2.45, 2.75) is 96.8 Å². The maximum Gasteiger partial charge on any atom is 0.325 e. The van der Waals surface area contributed by atoms with Crippen LogP contribution in [0, 0.1) is 0 Å². The molecule has 4 heteroatoms. The Balaban J connectivity index is 3.15. The molecule has 0 saturated carbocycles. The Kier molecular flexibility index (Phi) is 16.5. The zero-order chi connectivity index (χ0) is 17.2. The van der Waals surface area contributed by atoms with E-state index in [-0.39, 0.29) is 12.5 Å². The standard InChI is InChI=1S/C19H37NO3/c1-3-4-5-6-7-8-9-10-11-12-13-14-15-16-18(21)20-17-19(22)23-2/h3-17H2,1-2H3,(H,20,21). The van der Waals surface area contributed by atoms with Gasteiger partial charge in [-0.05, 0) is 6.42 Å². The number of carbonyl (C=O) groups is 2. The molecule has 0 heterocycles. The van der Waals surface area contributed by atoms with Gasteiger partial charge in [0.25, 0.3) is 0 Å². The van der Waals surface area contributed by atoms with Crippen molar-refractivity contribution >= 4 is 11.9 Å². The van der Waals surface area contributed by atoms with Gasteiger partial charge in [-0.15, -0.1) is 0 Å². The summed E-state index contributed by atoms with van der Waals surface area (Å²) in [5.74, 6) is -0.456. The summed E-state index contributed by atoms with van der Waals surface area (Å²) in [6.45, 7) is 2.24. The van der Waals surface area contributed by atoms with E-state index in [1.54, 1.807) is 0 Å². The van der Waals surface area contributed by atoms with Crippen molar-refractivity contribution in [3.63, 3.8) is 0 Å². The fraction of sp³-hybridized carbons (Fsp3) is 0.895. The van der Waals surface area contributed by atoms with E-state index < -0.39 is 5.97 Å². The Morgan fingerprint density at radius 2 is 1.17 bits per heavy atom. The van der Waals surface area contributed by atoms with E-state index in [1.807, 2.05) is 0 Å². The highest BCUT2D eigenvalue weighted by molar-refractivity contribution is 5.81. The van der Waals surface area contributed by atoms with Crippen LogP contribution in [0.5, 0.6) is 0 Å². The van der Waals surface area contributed by atoms with E-state index >= 15 is 0 Å². The molecule has 0 fully saturated rings. The lowest BCUT2D eigenvalue weighted by atomic mass is 10.0. The highest BCUT2D eigenvalue weighted by atomic mass is 16.5. The van der Waals surface area contributed by atoms with Crippen LogP contribution in [0.2, 0.25) is 0 Å². The monoisotopic (exact) mass is 327 g/mol. The molecule has 0 radical (unpaired) electrons. The van der Waals surface area contributed by atoms with Crippen LogP contribution >= 0.6 is 0 Å². The van der Waals surface area contributed by atoms with Crippen molar-refractivity contribution in [2.24, 2.45) is 0 Å². The number of hydrogen-bond acceptors (Lipinski definition) is 3. The first kappa shape index (κ1) is 21.9. The molecule has 0 unspecified atom stereocenters. The molecule has 0 rings (SSSR count). The lowest BCUT2D eigenvalue weighted by Crippen LogP contribution is -2.29. The molecule has 1 amide bonds. The maximum atomic E-state index is 11.4. The van der Waals surface area contributed by atoms with E-state index in [4.69, 9.17) is 0 Å². The van der Waals surface area contributed by atoms with Gasteiger partial charge in [0.15, 0.2) is 0 Å². The zero-order valence-electron chi connectivity index (χ0n) is 15.3. The van der Waals surface area contributed by atoms with Crippen molar-refractivity contribution in [2.75, 3.05) is 13.7 Å². The number of methoxy groups -OCH3 is 1. The van der Waals surface area contributed by atoms with Crippen LogP contribution in [-0.4, -0.2) is 25.5 Å². The van der Waals surface area contributed by atoms with Gasteiger partial charge in [0.2, 0.25) is 5.91 Å². The largest absolute Gasteiger partial charge is 0.468 e. The van der Waals surface area contributed by atoms with Gasteiger partial charge in [0.05, 0.1) is 7.11 Å². The molecule has 0 spiro atoms. The first-order valence-electron chi connectivity index (χ1n) is 9.54. The molecule has 136 valence electrons. The first-order chi connectivity index (χ1) is 11.2.